The molecule has 6 N–H and O–H groups in total. The van der Waals surface area contributed by atoms with Gasteiger partial charge in [-0.3, -0.25) is 18.9 Å². The lowest BCUT2D eigenvalue weighted by molar-refractivity contribution is -0.139. The molecule has 0 aromatic carbocycles. The van der Waals surface area contributed by atoms with Crippen molar-refractivity contribution >= 4 is 25.2 Å². The molecule has 0 radical (unpaired) electrons. The van der Waals surface area contributed by atoms with Gasteiger partial charge in [0.1, 0.15) is 12.1 Å². The van der Waals surface area contributed by atoms with Crippen LogP contribution in [0.15, 0.2) is 0 Å². The van der Waals surface area contributed by atoms with Gasteiger partial charge in [-0.15, -0.1) is 0 Å². The van der Waals surface area contributed by atoms with E-state index in [1.165, 1.54) is 0 Å². The van der Waals surface area contributed by atoms with Gasteiger partial charge >= 0.3 is 5.97 Å². The Morgan fingerprint density at radius 2 is 1.82 bits per heavy atom. The summed E-state index contributed by atoms with van der Waals surface area (Å²) in [6, 6.07) is -2.02. The van der Waals surface area contributed by atoms with Gasteiger partial charge in [0.15, 0.2) is 0 Å². The quantitative estimate of drug-likeness (QED) is 0.348. The maximum atomic E-state index is 11.9. The van der Waals surface area contributed by atoms with E-state index in [4.69, 9.17) is 15.7 Å². The minimum Gasteiger partial charge on any atom is -0.480 e. The standard InChI is InChI=1S/C12H24N3O6P/c1-7(2)10(11(17)14-6-22(3,20)21)15-9(16)5-4-8(13)12(18)19/h7-8,10H,4-6,13H2,1-3H3,(H,14,17)(H,15,16)(H,18,19)(H,20,21)/t8-,10-/m0/s1. The van der Waals surface area contributed by atoms with E-state index in [0.717, 1.165) is 6.66 Å². The predicted molar refractivity (Wildman–Crippen MR) is 80.4 cm³/mol. The third-order valence-electron chi connectivity index (χ3n) is 2.81. The number of aliphatic carboxylic acids is 1. The number of nitrogens with two attached hydrogens (primary N) is 1. The van der Waals surface area contributed by atoms with Crippen molar-refractivity contribution in [2.75, 3.05) is 13.0 Å². The second-order valence-electron chi connectivity index (χ2n) is 5.52. The maximum Gasteiger partial charge on any atom is 0.320 e. The van der Waals surface area contributed by atoms with E-state index in [1.54, 1.807) is 13.8 Å². The molecule has 0 aliphatic rings. The van der Waals surface area contributed by atoms with Crippen LogP contribution in [0.1, 0.15) is 26.7 Å². The molecule has 2 amide bonds. The van der Waals surface area contributed by atoms with Gasteiger partial charge in [-0.2, -0.15) is 0 Å². The third-order valence-corrected chi connectivity index (χ3v) is 3.56. The van der Waals surface area contributed by atoms with Crippen molar-refractivity contribution in [2.24, 2.45) is 11.7 Å². The van der Waals surface area contributed by atoms with Crippen LogP contribution >= 0.6 is 7.37 Å². The summed E-state index contributed by atoms with van der Waals surface area (Å²) in [5.41, 5.74) is 5.29. The van der Waals surface area contributed by atoms with Crippen LogP contribution in [-0.4, -0.2) is 52.8 Å². The molecule has 22 heavy (non-hydrogen) atoms. The number of carbonyl (C=O) groups excluding carboxylic acids is 2. The molecule has 1 unspecified atom stereocenters. The van der Waals surface area contributed by atoms with Crippen LogP contribution < -0.4 is 16.4 Å². The highest BCUT2D eigenvalue weighted by molar-refractivity contribution is 7.57. The normalized spacial score (nSPS) is 16.5. The van der Waals surface area contributed by atoms with Gasteiger partial charge in [-0.05, 0) is 12.3 Å². The summed E-state index contributed by atoms with van der Waals surface area (Å²) in [4.78, 5) is 43.4. The molecule has 0 saturated carbocycles. The topological polar surface area (TPSA) is 159 Å². The average molecular weight is 337 g/mol. The van der Waals surface area contributed by atoms with E-state index >= 15 is 0 Å². The predicted octanol–water partition coefficient (Wildman–Crippen LogP) is -0.707. The highest BCUT2D eigenvalue weighted by Gasteiger charge is 2.25. The molecular weight excluding hydrogens is 313 g/mol. The van der Waals surface area contributed by atoms with Crippen molar-refractivity contribution in [1.82, 2.24) is 10.6 Å². The van der Waals surface area contributed by atoms with Gasteiger partial charge in [0.2, 0.25) is 19.2 Å². The third kappa shape index (κ3) is 8.76. The number of hydrogen-bond acceptors (Lipinski definition) is 5. The molecule has 0 spiro atoms. The van der Waals surface area contributed by atoms with E-state index in [0.29, 0.717) is 0 Å². The summed E-state index contributed by atoms with van der Waals surface area (Å²) in [6.07, 6.45) is -0.556. The average Bonchev–Trinajstić information content (AvgIpc) is 2.38. The molecule has 0 saturated heterocycles. The summed E-state index contributed by atoms with van der Waals surface area (Å²) in [5.74, 6) is -2.52. The highest BCUT2D eigenvalue weighted by Crippen LogP contribution is 2.32. The number of hydrogen-bond donors (Lipinski definition) is 5. The molecule has 0 bridgehead atoms. The number of carboxylic acids is 1. The number of carboxylic acid groups (broad SMARTS) is 1. The minimum absolute atomic E-state index is 0.0472. The zero-order chi connectivity index (χ0) is 17.5. The number of rotatable bonds is 9. The van der Waals surface area contributed by atoms with Crippen LogP contribution in [0.2, 0.25) is 0 Å². The first kappa shape index (κ1) is 20.6. The minimum atomic E-state index is -3.39. The molecule has 0 aromatic heterocycles. The Balaban J connectivity index is 4.51. The van der Waals surface area contributed by atoms with Crippen molar-refractivity contribution in [2.45, 2.75) is 38.8 Å². The summed E-state index contributed by atoms with van der Waals surface area (Å²) >= 11 is 0. The van der Waals surface area contributed by atoms with E-state index in [-0.39, 0.29) is 25.0 Å². The van der Waals surface area contributed by atoms with Crippen LogP contribution in [0, 0.1) is 5.92 Å². The molecule has 128 valence electrons. The summed E-state index contributed by atoms with van der Waals surface area (Å²) in [5, 5.41) is 13.4. The van der Waals surface area contributed by atoms with Crippen LogP contribution in [0.25, 0.3) is 0 Å². The molecule has 0 aliphatic carbocycles. The van der Waals surface area contributed by atoms with Crippen LogP contribution in [0.5, 0.6) is 0 Å². The monoisotopic (exact) mass is 337 g/mol. The Kier molecular flexibility index (Phi) is 8.29. The Hall–Kier alpha value is -1.44. The lowest BCUT2D eigenvalue weighted by atomic mass is 10.0. The fraction of sp³-hybridized carbons (Fsp3) is 0.750. The maximum absolute atomic E-state index is 11.9. The second-order valence-corrected chi connectivity index (χ2v) is 7.94. The zero-order valence-corrected chi connectivity index (χ0v) is 13.8. The largest absolute Gasteiger partial charge is 0.480 e. The molecule has 3 atom stereocenters. The Morgan fingerprint density at radius 1 is 1.27 bits per heavy atom. The fourth-order valence-electron chi connectivity index (χ4n) is 1.53. The lowest BCUT2D eigenvalue weighted by Crippen LogP contribution is -2.50. The lowest BCUT2D eigenvalue weighted by Gasteiger charge is -2.22. The zero-order valence-electron chi connectivity index (χ0n) is 12.9. The number of amides is 2. The van der Waals surface area contributed by atoms with Crippen LogP contribution in [0.4, 0.5) is 0 Å². The smallest absolute Gasteiger partial charge is 0.320 e. The molecular formula is C12H24N3O6P. The molecule has 0 fully saturated rings. The molecule has 10 heteroatoms. The SMILES string of the molecule is CC(C)[C@H](NC(=O)CC[C@H](N)C(=O)O)C(=O)NCP(C)(=O)O. The number of nitrogens with one attached hydrogen (secondary N) is 2. The van der Waals surface area contributed by atoms with E-state index in [2.05, 4.69) is 10.6 Å². The highest BCUT2D eigenvalue weighted by atomic mass is 31.2. The summed E-state index contributed by atoms with van der Waals surface area (Å²) in [7, 11) is -3.39. The van der Waals surface area contributed by atoms with Crippen molar-refractivity contribution < 1.29 is 28.9 Å². The van der Waals surface area contributed by atoms with Gasteiger partial charge in [0.05, 0.1) is 6.29 Å². The Labute approximate surface area is 129 Å². The van der Waals surface area contributed by atoms with Crippen molar-refractivity contribution in [3.05, 3.63) is 0 Å². The van der Waals surface area contributed by atoms with Crippen LogP contribution in [-0.2, 0) is 18.9 Å². The van der Waals surface area contributed by atoms with Gasteiger partial charge < -0.3 is 26.4 Å². The number of carbonyl (C=O) groups is 3. The molecule has 0 aromatic rings. The van der Waals surface area contributed by atoms with Gasteiger partial charge in [0.25, 0.3) is 0 Å². The van der Waals surface area contributed by atoms with Crippen LogP contribution in [0.3, 0.4) is 0 Å². The first-order valence-corrected chi connectivity index (χ1v) is 9.08. The first-order valence-electron chi connectivity index (χ1n) is 6.78. The van der Waals surface area contributed by atoms with Gasteiger partial charge in [-0.1, -0.05) is 13.8 Å². The van der Waals surface area contributed by atoms with Crippen molar-refractivity contribution in [1.29, 1.82) is 0 Å². The Morgan fingerprint density at radius 3 is 2.23 bits per heavy atom. The molecule has 0 aliphatic heterocycles. The van der Waals surface area contributed by atoms with E-state index in [9.17, 15) is 18.9 Å². The van der Waals surface area contributed by atoms with Gasteiger partial charge in [-0.25, -0.2) is 0 Å². The van der Waals surface area contributed by atoms with Crippen molar-refractivity contribution in [3.8, 4) is 0 Å². The Bertz CT molecular complexity index is 462. The van der Waals surface area contributed by atoms with E-state index in [1.807, 2.05) is 0 Å². The summed E-state index contributed by atoms with van der Waals surface area (Å²) < 4.78 is 11.2. The fourth-order valence-corrected chi connectivity index (χ4v) is 1.97. The molecule has 0 rings (SSSR count). The first-order chi connectivity index (χ1) is 9.94. The van der Waals surface area contributed by atoms with Crippen molar-refractivity contribution in [3.63, 3.8) is 0 Å². The molecule has 9 nitrogen and oxygen atoms in total. The van der Waals surface area contributed by atoms with E-state index < -0.39 is 37.2 Å². The summed E-state index contributed by atoms with van der Waals surface area (Å²) in [6.45, 7) is 4.53. The second kappa shape index (κ2) is 8.87. The molecule has 0 heterocycles. The van der Waals surface area contributed by atoms with Gasteiger partial charge in [0, 0.05) is 13.1 Å².